The number of nitrogens with one attached hydrogen (secondary N) is 2. The summed E-state index contributed by atoms with van der Waals surface area (Å²) in [7, 11) is 1.73. The van der Waals surface area contributed by atoms with Crippen LogP contribution < -0.4 is 10.6 Å². The average Bonchev–Trinajstić information content (AvgIpc) is 2.85. The number of carbonyl (C=O) groups is 1. The summed E-state index contributed by atoms with van der Waals surface area (Å²) in [4.78, 5) is 17.2. The molecule has 0 aliphatic heterocycles. The van der Waals surface area contributed by atoms with Gasteiger partial charge >= 0.3 is 0 Å². The Morgan fingerprint density at radius 2 is 2.20 bits per heavy atom. The third-order valence-electron chi connectivity index (χ3n) is 2.64. The van der Waals surface area contributed by atoms with Gasteiger partial charge in [0.2, 0.25) is 0 Å². The van der Waals surface area contributed by atoms with Crippen LogP contribution in [0, 0.1) is 0 Å². The van der Waals surface area contributed by atoms with Crippen LogP contribution >= 0.6 is 34.5 Å². The Balaban J connectivity index is 1.94. The van der Waals surface area contributed by atoms with Gasteiger partial charge in [0.05, 0.1) is 14.9 Å². The summed E-state index contributed by atoms with van der Waals surface area (Å²) >= 11 is 13.3. The Labute approximate surface area is 131 Å². The zero-order valence-corrected chi connectivity index (χ0v) is 13.1. The fourth-order valence-electron chi connectivity index (χ4n) is 1.63. The topological polar surface area (TPSA) is 54.0 Å². The molecule has 0 fully saturated rings. The number of hydrogen-bond donors (Lipinski definition) is 2. The first-order valence-corrected chi connectivity index (χ1v) is 7.53. The molecule has 0 aliphatic carbocycles. The molecule has 2 N–H and O–H groups in total. The third-order valence-corrected chi connectivity index (χ3v) is 4.23. The van der Waals surface area contributed by atoms with Crippen LogP contribution in [-0.4, -0.2) is 24.5 Å². The second-order valence-electron chi connectivity index (χ2n) is 4.01. The maximum absolute atomic E-state index is 12.1. The predicted octanol–water partition coefficient (Wildman–Crippen LogP) is 3.46. The number of pyridine rings is 1. The van der Waals surface area contributed by atoms with E-state index in [2.05, 4.69) is 15.6 Å². The van der Waals surface area contributed by atoms with Crippen molar-refractivity contribution >= 4 is 46.3 Å². The summed E-state index contributed by atoms with van der Waals surface area (Å²) in [5, 5.41) is 6.04. The van der Waals surface area contributed by atoms with Crippen molar-refractivity contribution in [3.05, 3.63) is 44.2 Å². The van der Waals surface area contributed by atoms with Gasteiger partial charge in [-0.2, -0.15) is 0 Å². The smallest absolute Gasteiger partial charge is 0.253 e. The van der Waals surface area contributed by atoms with E-state index < -0.39 is 0 Å². The van der Waals surface area contributed by atoms with Crippen LogP contribution in [0.25, 0.3) is 0 Å². The van der Waals surface area contributed by atoms with Crippen molar-refractivity contribution in [3.8, 4) is 0 Å². The van der Waals surface area contributed by atoms with Crippen LogP contribution in [0.15, 0.2) is 24.4 Å². The molecule has 0 atom stereocenters. The lowest BCUT2D eigenvalue weighted by Crippen LogP contribution is -2.26. The lowest BCUT2D eigenvalue weighted by Gasteiger charge is -2.07. The number of thiophene rings is 1. The van der Waals surface area contributed by atoms with Crippen molar-refractivity contribution in [3.63, 3.8) is 0 Å². The van der Waals surface area contributed by atoms with E-state index in [0.717, 1.165) is 15.6 Å². The average molecular weight is 330 g/mol. The lowest BCUT2D eigenvalue weighted by atomic mass is 10.2. The highest BCUT2D eigenvalue weighted by molar-refractivity contribution is 7.16. The van der Waals surface area contributed by atoms with Crippen molar-refractivity contribution < 1.29 is 4.79 Å². The maximum Gasteiger partial charge on any atom is 0.253 e. The van der Waals surface area contributed by atoms with Gasteiger partial charge in [0, 0.05) is 24.7 Å². The number of carbonyl (C=O) groups excluding carboxylic acids is 1. The van der Waals surface area contributed by atoms with Gasteiger partial charge in [-0.25, -0.2) is 4.98 Å². The normalized spacial score (nSPS) is 10.3. The number of anilines is 1. The van der Waals surface area contributed by atoms with Gasteiger partial charge in [0.25, 0.3) is 5.91 Å². The molecule has 0 aliphatic rings. The lowest BCUT2D eigenvalue weighted by molar-refractivity contribution is 0.0954. The Morgan fingerprint density at radius 3 is 2.85 bits per heavy atom. The summed E-state index contributed by atoms with van der Waals surface area (Å²) in [5.74, 6) is 0.390. The van der Waals surface area contributed by atoms with E-state index in [0.29, 0.717) is 22.9 Å². The SMILES string of the molecule is CNc1cc(C(=O)NCCc2ccc(Cl)s2)c(Cl)cn1. The number of amides is 1. The molecular weight excluding hydrogens is 317 g/mol. The van der Waals surface area contributed by atoms with E-state index in [1.165, 1.54) is 17.5 Å². The molecule has 2 heterocycles. The Hall–Kier alpha value is -1.30. The number of hydrogen-bond acceptors (Lipinski definition) is 4. The number of aromatic nitrogens is 1. The summed E-state index contributed by atoms with van der Waals surface area (Å²) in [5.41, 5.74) is 0.412. The molecule has 2 aromatic heterocycles. The molecule has 4 nitrogen and oxygen atoms in total. The van der Waals surface area contributed by atoms with Crippen LogP contribution in [0.1, 0.15) is 15.2 Å². The van der Waals surface area contributed by atoms with Crippen LogP contribution in [-0.2, 0) is 6.42 Å². The molecule has 0 spiro atoms. The van der Waals surface area contributed by atoms with Gasteiger partial charge in [-0.3, -0.25) is 4.79 Å². The minimum Gasteiger partial charge on any atom is -0.373 e. The second-order valence-corrected chi connectivity index (χ2v) is 6.22. The van der Waals surface area contributed by atoms with E-state index >= 15 is 0 Å². The molecule has 0 bridgehead atoms. The minimum atomic E-state index is -0.212. The molecule has 7 heteroatoms. The first kappa shape index (κ1) is 15.1. The first-order valence-electron chi connectivity index (χ1n) is 5.96. The maximum atomic E-state index is 12.1. The van der Waals surface area contributed by atoms with E-state index in [-0.39, 0.29) is 5.91 Å². The van der Waals surface area contributed by atoms with Crippen molar-refractivity contribution in [2.75, 3.05) is 18.9 Å². The quantitative estimate of drug-likeness (QED) is 0.883. The van der Waals surface area contributed by atoms with Gasteiger partial charge in [0.15, 0.2) is 0 Å². The zero-order valence-electron chi connectivity index (χ0n) is 10.7. The minimum absolute atomic E-state index is 0.212. The molecule has 2 aromatic rings. The summed E-state index contributed by atoms with van der Waals surface area (Å²) in [6, 6.07) is 5.43. The largest absolute Gasteiger partial charge is 0.373 e. The molecular formula is C13H13Cl2N3OS. The highest BCUT2D eigenvalue weighted by Gasteiger charge is 2.11. The van der Waals surface area contributed by atoms with Crippen molar-refractivity contribution in [2.24, 2.45) is 0 Å². The zero-order chi connectivity index (χ0) is 14.5. The first-order chi connectivity index (χ1) is 9.60. The Kier molecular flexibility index (Phi) is 5.23. The standard InChI is InChI=1S/C13H13Cl2N3OS/c1-16-12-6-9(10(14)7-18-12)13(19)17-5-4-8-2-3-11(15)20-8/h2-3,6-7H,4-5H2,1H3,(H,16,18)(H,17,19). The van der Waals surface area contributed by atoms with Crippen LogP contribution in [0.2, 0.25) is 9.36 Å². The highest BCUT2D eigenvalue weighted by atomic mass is 35.5. The second kappa shape index (κ2) is 6.92. The molecule has 0 aromatic carbocycles. The summed E-state index contributed by atoms with van der Waals surface area (Å²) in [6.07, 6.45) is 2.20. The van der Waals surface area contributed by atoms with E-state index in [9.17, 15) is 4.79 Å². The third kappa shape index (κ3) is 3.85. The number of rotatable bonds is 5. The molecule has 20 heavy (non-hydrogen) atoms. The fourth-order valence-corrected chi connectivity index (χ4v) is 2.91. The highest BCUT2D eigenvalue weighted by Crippen LogP contribution is 2.21. The summed E-state index contributed by atoms with van der Waals surface area (Å²) < 4.78 is 0.752. The van der Waals surface area contributed by atoms with E-state index in [1.54, 1.807) is 13.1 Å². The predicted molar refractivity (Wildman–Crippen MR) is 84.2 cm³/mol. The Bertz CT molecular complexity index is 615. The van der Waals surface area contributed by atoms with Gasteiger partial charge < -0.3 is 10.6 Å². The van der Waals surface area contributed by atoms with Crippen LogP contribution in [0.3, 0.4) is 0 Å². The van der Waals surface area contributed by atoms with Crippen molar-refractivity contribution in [1.82, 2.24) is 10.3 Å². The van der Waals surface area contributed by atoms with Gasteiger partial charge in [-0.15, -0.1) is 11.3 Å². The Morgan fingerprint density at radius 1 is 1.40 bits per heavy atom. The molecule has 0 radical (unpaired) electrons. The van der Waals surface area contributed by atoms with Gasteiger partial charge in [-0.05, 0) is 24.6 Å². The monoisotopic (exact) mass is 329 g/mol. The molecule has 1 amide bonds. The van der Waals surface area contributed by atoms with Crippen LogP contribution in [0.5, 0.6) is 0 Å². The molecule has 0 unspecified atom stereocenters. The van der Waals surface area contributed by atoms with Crippen molar-refractivity contribution in [2.45, 2.75) is 6.42 Å². The van der Waals surface area contributed by atoms with Gasteiger partial charge in [-0.1, -0.05) is 23.2 Å². The number of halogens is 2. The van der Waals surface area contributed by atoms with Crippen molar-refractivity contribution in [1.29, 1.82) is 0 Å². The molecule has 2 rings (SSSR count). The molecule has 106 valence electrons. The fraction of sp³-hybridized carbons (Fsp3) is 0.231. The number of nitrogens with zero attached hydrogens (tertiary/aromatic N) is 1. The van der Waals surface area contributed by atoms with E-state index in [4.69, 9.17) is 23.2 Å². The molecule has 0 saturated carbocycles. The summed E-state index contributed by atoms with van der Waals surface area (Å²) in [6.45, 7) is 0.531. The van der Waals surface area contributed by atoms with Crippen LogP contribution in [0.4, 0.5) is 5.82 Å². The van der Waals surface area contributed by atoms with Gasteiger partial charge in [0.1, 0.15) is 5.82 Å². The molecule has 0 saturated heterocycles. The van der Waals surface area contributed by atoms with E-state index in [1.807, 2.05) is 12.1 Å².